The third kappa shape index (κ3) is 2.82. The average molecular weight is 280 g/mol. The van der Waals surface area contributed by atoms with Gasteiger partial charge in [-0.05, 0) is 62.4 Å². The molecule has 2 N–H and O–H groups in total. The van der Waals surface area contributed by atoms with Crippen molar-refractivity contribution in [3.63, 3.8) is 0 Å². The number of amides is 1. The van der Waals surface area contributed by atoms with Crippen LogP contribution >= 0.6 is 0 Å². The van der Waals surface area contributed by atoms with E-state index in [0.29, 0.717) is 5.56 Å². The minimum Gasteiger partial charge on any atom is -0.349 e. The second-order valence-electron chi connectivity index (χ2n) is 5.63. The molecule has 1 aliphatic heterocycles. The molecular weight excluding hydrogens is 262 g/mol. The van der Waals surface area contributed by atoms with Gasteiger partial charge in [0, 0.05) is 6.04 Å². The Labute approximate surface area is 116 Å². The molecule has 108 valence electrons. The third-order valence-electron chi connectivity index (χ3n) is 4.02. The highest BCUT2D eigenvalue weighted by molar-refractivity contribution is 5.94. The third-order valence-corrected chi connectivity index (χ3v) is 4.02. The Bertz CT molecular complexity index is 523. The molecule has 0 radical (unpaired) electrons. The van der Waals surface area contributed by atoms with E-state index in [0.717, 1.165) is 44.8 Å². The van der Waals surface area contributed by atoms with Crippen molar-refractivity contribution in [3.8, 4) is 0 Å². The van der Waals surface area contributed by atoms with Gasteiger partial charge in [0.05, 0.1) is 5.56 Å². The monoisotopic (exact) mass is 280 g/mol. The van der Waals surface area contributed by atoms with Crippen molar-refractivity contribution in [2.45, 2.75) is 37.6 Å². The first-order valence-corrected chi connectivity index (χ1v) is 7.15. The molecule has 3 rings (SSSR count). The molecule has 1 aromatic rings. The van der Waals surface area contributed by atoms with E-state index in [9.17, 15) is 13.6 Å². The molecule has 1 saturated carbocycles. The number of nitrogens with one attached hydrogen (secondary N) is 2. The van der Waals surface area contributed by atoms with Gasteiger partial charge in [0.25, 0.3) is 5.91 Å². The van der Waals surface area contributed by atoms with Crippen LogP contribution in [-0.4, -0.2) is 25.0 Å². The van der Waals surface area contributed by atoms with Gasteiger partial charge < -0.3 is 10.6 Å². The molecule has 1 amide bonds. The Morgan fingerprint density at radius 3 is 2.45 bits per heavy atom. The first-order valence-electron chi connectivity index (χ1n) is 7.15. The number of piperidine rings is 1. The van der Waals surface area contributed by atoms with Crippen molar-refractivity contribution in [1.29, 1.82) is 0 Å². The maximum Gasteiger partial charge on any atom is 0.254 e. The Morgan fingerprint density at radius 1 is 1.10 bits per heavy atom. The van der Waals surface area contributed by atoms with Crippen molar-refractivity contribution in [2.24, 2.45) is 0 Å². The van der Waals surface area contributed by atoms with E-state index in [2.05, 4.69) is 10.6 Å². The summed E-state index contributed by atoms with van der Waals surface area (Å²) in [5.74, 6) is -1.58. The van der Waals surface area contributed by atoms with Crippen LogP contribution in [0.25, 0.3) is 0 Å². The molecule has 2 aliphatic rings. The highest BCUT2D eigenvalue weighted by Gasteiger charge is 2.27. The van der Waals surface area contributed by atoms with E-state index in [1.807, 2.05) is 0 Å². The molecule has 1 aliphatic carbocycles. The van der Waals surface area contributed by atoms with Crippen molar-refractivity contribution in [2.75, 3.05) is 13.1 Å². The molecule has 1 aromatic carbocycles. The first-order chi connectivity index (χ1) is 9.65. The predicted octanol–water partition coefficient (Wildman–Crippen LogP) is 2.32. The van der Waals surface area contributed by atoms with Crippen LogP contribution in [0.1, 0.15) is 47.5 Å². The average Bonchev–Trinajstić information content (AvgIpc) is 3.25. The number of hydrogen-bond donors (Lipinski definition) is 2. The van der Waals surface area contributed by atoms with Gasteiger partial charge in [0.1, 0.15) is 11.6 Å². The minimum absolute atomic E-state index is 0.0336. The Hall–Kier alpha value is -1.49. The molecule has 0 aromatic heterocycles. The summed E-state index contributed by atoms with van der Waals surface area (Å²) < 4.78 is 28.2. The van der Waals surface area contributed by atoms with Crippen LogP contribution in [0.2, 0.25) is 0 Å². The van der Waals surface area contributed by atoms with Crippen LogP contribution in [-0.2, 0) is 0 Å². The zero-order valence-corrected chi connectivity index (χ0v) is 11.2. The lowest BCUT2D eigenvalue weighted by Gasteiger charge is -2.23. The molecule has 1 saturated heterocycles. The van der Waals surface area contributed by atoms with Crippen molar-refractivity contribution < 1.29 is 13.6 Å². The summed E-state index contributed by atoms with van der Waals surface area (Å²) >= 11 is 0. The lowest BCUT2D eigenvalue weighted by Crippen LogP contribution is -2.28. The fourth-order valence-corrected chi connectivity index (χ4v) is 2.67. The highest BCUT2D eigenvalue weighted by atomic mass is 19.1. The zero-order valence-electron chi connectivity index (χ0n) is 11.2. The van der Waals surface area contributed by atoms with E-state index in [1.165, 1.54) is 6.07 Å². The Kier molecular flexibility index (Phi) is 3.70. The topological polar surface area (TPSA) is 41.1 Å². The first kappa shape index (κ1) is 13.5. The van der Waals surface area contributed by atoms with E-state index in [4.69, 9.17) is 0 Å². The summed E-state index contributed by atoms with van der Waals surface area (Å²) in [4.78, 5) is 11.8. The van der Waals surface area contributed by atoms with E-state index < -0.39 is 17.5 Å². The predicted molar refractivity (Wildman–Crippen MR) is 71.7 cm³/mol. The molecule has 0 bridgehead atoms. The van der Waals surface area contributed by atoms with Gasteiger partial charge in [-0.15, -0.1) is 0 Å². The fourth-order valence-electron chi connectivity index (χ4n) is 2.67. The standard InChI is InChI=1S/C15H18F2N2O/c16-13-8-12(15(20)19-10-1-2-10)14(17)7-11(13)9-3-5-18-6-4-9/h7-10,18H,1-6H2,(H,19,20). The molecule has 3 nitrogen and oxygen atoms in total. The summed E-state index contributed by atoms with van der Waals surface area (Å²) in [6.07, 6.45) is 3.43. The molecule has 2 fully saturated rings. The van der Waals surface area contributed by atoms with Gasteiger partial charge >= 0.3 is 0 Å². The van der Waals surface area contributed by atoms with E-state index >= 15 is 0 Å². The van der Waals surface area contributed by atoms with Crippen LogP contribution in [0.5, 0.6) is 0 Å². The summed E-state index contributed by atoms with van der Waals surface area (Å²) in [5.41, 5.74) is 0.207. The normalized spacial score (nSPS) is 19.9. The number of carbonyl (C=O) groups excluding carboxylic acids is 1. The van der Waals surface area contributed by atoms with Crippen molar-refractivity contribution in [3.05, 3.63) is 34.9 Å². The Morgan fingerprint density at radius 2 is 1.80 bits per heavy atom. The molecule has 0 spiro atoms. The quantitative estimate of drug-likeness (QED) is 0.892. The Balaban J connectivity index is 1.83. The van der Waals surface area contributed by atoms with Gasteiger partial charge in [-0.2, -0.15) is 0 Å². The van der Waals surface area contributed by atoms with Crippen LogP contribution < -0.4 is 10.6 Å². The summed E-state index contributed by atoms with van der Waals surface area (Å²) in [6.45, 7) is 1.63. The largest absolute Gasteiger partial charge is 0.349 e. The molecule has 20 heavy (non-hydrogen) atoms. The van der Waals surface area contributed by atoms with Crippen LogP contribution in [0.4, 0.5) is 8.78 Å². The van der Waals surface area contributed by atoms with Crippen LogP contribution in [0.15, 0.2) is 12.1 Å². The van der Waals surface area contributed by atoms with Gasteiger partial charge in [-0.1, -0.05) is 0 Å². The lowest BCUT2D eigenvalue weighted by atomic mass is 9.89. The van der Waals surface area contributed by atoms with Crippen molar-refractivity contribution in [1.82, 2.24) is 10.6 Å². The molecule has 1 heterocycles. The molecule has 5 heteroatoms. The van der Waals surface area contributed by atoms with Gasteiger partial charge in [-0.25, -0.2) is 8.78 Å². The molecule has 0 atom stereocenters. The zero-order chi connectivity index (χ0) is 14.1. The maximum atomic E-state index is 14.2. The molecule has 0 unspecified atom stereocenters. The smallest absolute Gasteiger partial charge is 0.254 e. The van der Waals surface area contributed by atoms with E-state index in [-0.39, 0.29) is 17.5 Å². The highest BCUT2D eigenvalue weighted by Crippen LogP contribution is 2.29. The number of halogens is 2. The van der Waals surface area contributed by atoms with E-state index in [1.54, 1.807) is 0 Å². The van der Waals surface area contributed by atoms with Crippen LogP contribution in [0, 0.1) is 11.6 Å². The second kappa shape index (κ2) is 5.48. The maximum absolute atomic E-state index is 14.2. The number of carbonyl (C=O) groups is 1. The van der Waals surface area contributed by atoms with Crippen molar-refractivity contribution >= 4 is 5.91 Å². The van der Waals surface area contributed by atoms with Gasteiger partial charge in [0.2, 0.25) is 0 Å². The lowest BCUT2D eigenvalue weighted by molar-refractivity contribution is 0.0946. The summed E-state index contributed by atoms with van der Waals surface area (Å²) in [7, 11) is 0. The number of hydrogen-bond acceptors (Lipinski definition) is 2. The second-order valence-corrected chi connectivity index (χ2v) is 5.63. The van der Waals surface area contributed by atoms with Crippen LogP contribution in [0.3, 0.4) is 0 Å². The summed E-state index contributed by atoms with van der Waals surface area (Å²) in [6, 6.07) is 2.38. The fraction of sp³-hybridized carbons (Fsp3) is 0.533. The van der Waals surface area contributed by atoms with Gasteiger partial charge in [0.15, 0.2) is 0 Å². The summed E-state index contributed by atoms with van der Waals surface area (Å²) in [5, 5.41) is 5.88. The minimum atomic E-state index is -0.627. The SMILES string of the molecule is O=C(NC1CC1)c1cc(F)c(C2CCNCC2)cc1F. The number of rotatable bonds is 3. The number of benzene rings is 1. The molecular formula is C15H18F2N2O. The van der Waals surface area contributed by atoms with Gasteiger partial charge in [-0.3, -0.25) is 4.79 Å².